The molecule has 4 nitrogen and oxygen atoms in total. The number of methoxy groups -OCH3 is 1. The molecule has 1 heterocycles. The lowest BCUT2D eigenvalue weighted by Crippen LogP contribution is -2.32. The highest BCUT2D eigenvalue weighted by atomic mass is 16.8. The van der Waals surface area contributed by atoms with E-state index in [-0.39, 0.29) is 12.9 Å². The van der Waals surface area contributed by atoms with Gasteiger partial charge in [-0.3, -0.25) is 0 Å². The van der Waals surface area contributed by atoms with Gasteiger partial charge >= 0.3 is 0 Å². The Kier molecular flexibility index (Phi) is 3.90. The molecule has 0 N–H and O–H groups in total. The van der Waals surface area contributed by atoms with E-state index in [1.165, 1.54) is 0 Å². The summed E-state index contributed by atoms with van der Waals surface area (Å²) in [6, 6.07) is 0. The smallest absolute Gasteiger partial charge is 0.163 e. The lowest BCUT2D eigenvalue weighted by Gasteiger charge is -2.20. The van der Waals surface area contributed by atoms with E-state index in [0.29, 0.717) is 6.61 Å². The van der Waals surface area contributed by atoms with Crippen molar-refractivity contribution >= 4 is 0 Å². The van der Waals surface area contributed by atoms with E-state index in [1.807, 2.05) is 13.8 Å². The van der Waals surface area contributed by atoms with Gasteiger partial charge in [0.05, 0.1) is 6.61 Å². The predicted octanol–water partition coefficient (Wildman–Crippen LogP) is 0.760. The average molecular weight is 200 g/mol. The van der Waals surface area contributed by atoms with Crippen LogP contribution >= 0.6 is 0 Å². The second-order valence-electron chi connectivity index (χ2n) is 3.53. The van der Waals surface area contributed by atoms with Gasteiger partial charge in [-0.1, -0.05) is 5.92 Å². The molecule has 1 saturated heterocycles. The molecule has 4 heteroatoms. The fourth-order valence-electron chi connectivity index (χ4n) is 1.27. The molecule has 14 heavy (non-hydrogen) atoms. The van der Waals surface area contributed by atoms with Crippen LogP contribution in [0.4, 0.5) is 0 Å². The summed E-state index contributed by atoms with van der Waals surface area (Å²) in [7, 11) is 1.55. The van der Waals surface area contributed by atoms with E-state index < -0.39 is 11.9 Å². The minimum atomic E-state index is -0.573. The van der Waals surface area contributed by atoms with E-state index in [4.69, 9.17) is 25.4 Å². The molecule has 2 atom stereocenters. The molecule has 1 aliphatic rings. The third-order valence-electron chi connectivity index (χ3n) is 1.90. The van der Waals surface area contributed by atoms with Crippen molar-refractivity contribution in [2.45, 2.75) is 31.8 Å². The first-order chi connectivity index (χ1) is 6.59. The van der Waals surface area contributed by atoms with Crippen LogP contribution in [-0.2, 0) is 18.9 Å². The van der Waals surface area contributed by atoms with Crippen LogP contribution < -0.4 is 0 Å². The Morgan fingerprint density at radius 2 is 2.36 bits per heavy atom. The van der Waals surface area contributed by atoms with Gasteiger partial charge in [0.1, 0.15) is 19.0 Å². The molecular formula is C10H16O4. The highest BCUT2D eigenvalue weighted by Crippen LogP contribution is 2.24. The van der Waals surface area contributed by atoms with E-state index in [9.17, 15) is 0 Å². The lowest BCUT2D eigenvalue weighted by molar-refractivity contribution is -0.159. The zero-order valence-electron chi connectivity index (χ0n) is 8.78. The van der Waals surface area contributed by atoms with E-state index >= 15 is 0 Å². The highest BCUT2D eigenvalue weighted by molar-refractivity contribution is 5.00. The molecule has 0 aromatic rings. The van der Waals surface area contributed by atoms with Crippen molar-refractivity contribution in [2.24, 2.45) is 0 Å². The SMILES string of the molecule is C#C[C@H](OCOC)C1COC(C)(C)O1. The molecule has 0 saturated carbocycles. The Morgan fingerprint density at radius 3 is 2.79 bits per heavy atom. The Morgan fingerprint density at radius 1 is 1.64 bits per heavy atom. The molecule has 0 bridgehead atoms. The molecule has 0 spiro atoms. The Bertz CT molecular complexity index is 219. The Labute approximate surface area is 84.5 Å². The van der Waals surface area contributed by atoms with E-state index in [1.54, 1.807) is 7.11 Å². The van der Waals surface area contributed by atoms with Gasteiger partial charge in [0, 0.05) is 7.11 Å². The summed E-state index contributed by atoms with van der Waals surface area (Å²) in [5.74, 6) is 1.94. The highest BCUT2D eigenvalue weighted by Gasteiger charge is 2.37. The van der Waals surface area contributed by atoms with Crippen LogP contribution in [0.3, 0.4) is 0 Å². The lowest BCUT2D eigenvalue weighted by atomic mass is 10.2. The molecular weight excluding hydrogens is 184 g/mol. The van der Waals surface area contributed by atoms with Crippen molar-refractivity contribution in [3.05, 3.63) is 0 Å². The topological polar surface area (TPSA) is 36.9 Å². The van der Waals surface area contributed by atoms with Crippen LogP contribution in [0.25, 0.3) is 0 Å². The predicted molar refractivity (Wildman–Crippen MR) is 50.5 cm³/mol. The van der Waals surface area contributed by atoms with Crippen LogP contribution in [0, 0.1) is 12.3 Å². The number of ether oxygens (including phenoxy) is 4. The van der Waals surface area contributed by atoms with Crippen molar-refractivity contribution in [3.8, 4) is 12.3 Å². The minimum Gasteiger partial charge on any atom is -0.359 e. The first-order valence-electron chi connectivity index (χ1n) is 4.47. The van der Waals surface area contributed by atoms with Gasteiger partial charge in [-0.25, -0.2) is 0 Å². The fourth-order valence-corrected chi connectivity index (χ4v) is 1.27. The zero-order chi connectivity index (χ0) is 10.6. The number of hydrogen-bond donors (Lipinski definition) is 0. The Balaban J connectivity index is 2.43. The van der Waals surface area contributed by atoms with Crippen molar-refractivity contribution in [1.29, 1.82) is 0 Å². The maximum absolute atomic E-state index is 5.55. The van der Waals surface area contributed by atoms with Crippen LogP contribution in [-0.4, -0.2) is 38.5 Å². The second-order valence-corrected chi connectivity index (χ2v) is 3.53. The van der Waals surface area contributed by atoms with Gasteiger partial charge in [-0.2, -0.15) is 0 Å². The first kappa shape index (κ1) is 11.5. The summed E-state index contributed by atoms with van der Waals surface area (Å²) in [5, 5.41) is 0. The van der Waals surface area contributed by atoms with Crippen molar-refractivity contribution in [3.63, 3.8) is 0 Å². The summed E-state index contributed by atoms with van der Waals surface area (Å²) >= 11 is 0. The monoisotopic (exact) mass is 200 g/mol. The van der Waals surface area contributed by atoms with Gasteiger partial charge in [-0.05, 0) is 13.8 Å². The van der Waals surface area contributed by atoms with Gasteiger partial charge in [0.25, 0.3) is 0 Å². The Hall–Kier alpha value is -0.600. The van der Waals surface area contributed by atoms with E-state index in [2.05, 4.69) is 5.92 Å². The summed E-state index contributed by atoms with van der Waals surface area (Å²) in [4.78, 5) is 0. The third-order valence-corrected chi connectivity index (χ3v) is 1.90. The summed E-state index contributed by atoms with van der Waals surface area (Å²) in [5.41, 5.74) is 0. The van der Waals surface area contributed by atoms with Crippen LogP contribution in [0.5, 0.6) is 0 Å². The van der Waals surface area contributed by atoms with Gasteiger partial charge < -0.3 is 18.9 Å². The minimum absolute atomic E-state index is 0.162. The van der Waals surface area contributed by atoms with Crippen LogP contribution in [0.1, 0.15) is 13.8 Å². The normalized spacial score (nSPS) is 27.1. The van der Waals surface area contributed by atoms with Crippen molar-refractivity contribution in [2.75, 3.05) is 20.5 Å². The number of hydrogen-bond acceptors (Lipinski definition) is 4. The maximum atomic E-state index is 5.55. The zero-order valence-corrected chi connectivity index (χ0v) is 8.78. The molecule has 1 rings (SSSR count). The second kappa shape index (κ2) is 4.76. The van der Waals surface area contributed by atoms with Gasteiger partial charge in [0.2, 0.25) is 0 Å². The van der Waals surface area contributed by atoms with Crippen LogP contribution in [0.15, 0.2) is 0 Å². The average Bonchev–Trinajstić information content (AvgIpc) is 2.48. The van der Waals surface area contributed by atoms with Gasteiger partial charge in [0.15, 0.2) is 5.79 Å². The fraction of sp³-hybridized carbons (Fsp3) is 0.800. The van der Waals surface area contributed by atoms with E-state index in [0.717, 1.165) is 0 Å². The molecule has 1 aliphatic heterocycles. The summed E-state index contributed by atoms with van der Waals surface area (Å²) in [6.07, 6.45) is 4.68. The molecule has 0 aromatic heterocycles. The molecule has 0 radical (unpaired) electrons. The molecule has 0 aliphatic carbocycles. The van der Waals surface area contributed by atoms with Crippen molar-refractivity contribution in [1.82, 2.24) is 0 Å². The first-order valence-corrected chi connectivity index (χ1v) is 4.47. The molecule has 0 amide bonds. The number of terminal acetylenes is 1. The maximum Gasteiger partial charge on any atom is 0.163 e. The summed E-state index contributed by atoms with van der Waals surface area (Å²) in [6.45, 7) is 4.30. The van der Waals surface area contributed by atoms with Crippen molar-refractivity contribution < 1.29 is 18.9 Å². The molecule has 80 valence electrons. The molecule has 1 fully saturated rings. The standard InChI is InChI=1S/C10H16O4/c1-5-8(12-7-11-4)9-6-13-10(2,3)14-9/h1,8-9H,6-7H2,2-4H3/t8-,9?/m0/s1. The largest absolute Gasteiger partial charge is 0.359 e. The molecule has 1 unspecified atom stereocenters. The number of rotatable bonds is 4. The van der Waals surface area contributed by atoms with Gasteiger partial charge in [-0.15, -0.1) is 6.42 Å². The molecule has 0 aromatic carbocycles. The quantitative estimate of drug-likeness (QED) is 0.496. The summed E-state index contributed by atoms with van der Waals surface area (Å²) < 4.78 is 21.0. The van der Waals surface area contributed by atoms with Crippen LogP contribution in [0.2, 0.25) is 0 Å². The third kappa shape index (κ3) is 2.96.